The van der Waals surface area contributed by atoms with E-state index in [4.69, 9.17) is 5.11 Å². The van der Waals surface area contributed by atoms with Crippen LogP contribution in [0.3, 0.4) is 0 Å². The topological polar surface area (TPSA) is 40.5 Å². The Morgan fingerprint density at radius 3 is 2.35 bits per heavy atom. The van der Waals surface area contributed by atoms with E-state index < -0.39 is 0 Å². The molecule has 0 aromatic heterocycles. The third-order valence-corrected chi connectivity index (χ3v) is 4.70. The fourth-order valence-electron chi connectivity index (χ4n) is 3.69. The Balaban J connectivity index is 1.98. The zero-order valence-corrected chi connectivity index (χ0v) is 11.1. The molecule has 0 radical (unpaired) electrons. The number of fused-ring (bicyclic) bond motifs is 1. The summed E-state index contributed by atoms with van der Waals surface area (Å²) in [6.45, 7) is 4.85. The summed E-state index contributed by atoms with van der Waals surface area (Å²) in [5, 5.41) is 9.14. The smallest absolute Gasteiger partial charge is 0.226 e. The lowest BCUT2D eigenvalue weighted by molar-refractivity contribution is -0.136. The average Bonchev–Trinajstić information content (AvgIpc) is 2.82. The molecule has 2 fully saturated rings. The van der Waals surface area contributed by atoms with Gasteiger partial charge in [-0.3, -0.25) is 4.79 Å². The first-order valence-corrected chi connectivity index (χ1v) is 7.15. The van der Waals surface area contributed by atoms with Gasteiger partial charge in [-0.1, -0.05) is 20.3 Å². The van der Waals surface area contributed by atoms with Crippen LogP contribution in [-0.4, -0.2) is 35.1 Å². The molecular formula is C14H25NO2. The van der Waals surface area contributed by atoms with Crippen LogP contribution in [0.2, 0.25) is 0 Å². The predicted molar refractivity (Wildman–Crippen MR) is 67.5 cm³/mol. The monoisotopic (exact) mass is 239 g/mol. The van der Waals surface area contributed by atoms with Crippen LogP contribution >= 0.6 is 0 Å². The van der Waals surface area contributed by atoms with Crippen molar-refractivity contribution in [2.45, 2.75) is 52.0 Å². The Morgan fingerprint density at radius 1 is 1.29 bits per heavy atom. The van der Waals surface area contributed by atoms with E-state index in [1.54, 1.807) is 0 Å². The summed E-state index contributed by atoms with van der Waals surface area (Å²) < 4.78 is 0. The number of hydrogen-bond donors (Lipinski definition) is 1. The van der Waals surface area contributed by atoms with Crippen LogP contribution in [0.15, 0.2) is 0 Å². The third-order valence-electron chi connectivity index (χ3n) is 4.70. The first kappa shape index (κ1) is 12.9. The van der Waals surface area contributed by atoms with Gasteiger partial charge < -0.3 is 10.0 Å². The maximum atomic E-state index is 12.5. The second kappa shape index (κ2) is 5.38. The van der Waals surface area contributed by atoms with Gasteiger partial charge in [0.05, 0.1) is 6.61 Å². The summed E-state index contributed by atoms with van der Waals surface area (Å²) in [6, 6.07) is 0.316. The molecule has 0 heterocycles. The molecule has 0 aromatic rings. The van der Waals surface area contributed by atoms with Gasteiger partial charge >= 0.3 is 0 Å². The van der Waals surface area contributed by atoms with Gasteiger partial charge in [0.1, 0.15) is 0 Å². The zero-order valence-electron chi connectivity index (χ0n) is 11.1. The van der Waals surface area contributed by atoms with Gasteiger partial charge in [0.15, 0.2) is 0 Å². The lowest BCUT2D eigenvalue weighted by Crippen LogP contribution is -2.43. The number of aliphatic hydroxyl groups is 1. The molecule has 3 nitrogen and oxygen atoms in total. The molecule has 0 aromatic carbocycles. The minimum absolute atomic E-state index is 0.0876. The van der Waals surface area contributed by atoms with Gasteiger partial charge in [-0.15, -0.1) is 0 Å². The molecule has 1 N–H and O–H groups in total. The van der Waals surface area contributed by atoms with E-state index in [0.29, 0.717) is 36.2 Å². The van der Waals surface area contributed by atoms with Crippen molar-refractivity contribution in [3.05, 3.63) is 0 Å². The molecular weight excluding hydrogens is 214 g/mol. The second-order valence-electron chi connectivity index (χ2n) is 5.51. The Morgan fingerprint density at radius 2 is 1.88 bits per heavy atom. The Labute approximate surface area is 104 Å². The van der Waals surface area contributed by atoms with Crippen molar-refractivity contribution in [2.24, 2.45) is 17.8 Å². The summed E-state index contributed by atoms with van der Waals surface area (Å²) in [5.41, 5.74) is 0. The SMILES string of the molecule is CCC(CC)N(CCO)C(=O)C1C2CCCC21. The van der Waals surface area contributed by atoms with Crippen LogP contribution in [0, 0.1) is 17.8 Å². The minimum atomic E-state index is 0.0876. The van der Waals surface area contributed by atoms with Gasteiger partial charge in [-0.05, 0) is 37.5 Å². The first-order chi connectivity index (χ1) is 8.24. The summed E-state index contributed by atoms with van der Waals surface area (Å²) >= 11 is 0. The van der Waals surface area contributed by atoms with Crippen LogP contribution in [-0.2, 0) is 4.79 Å². The highest BCUT2D eigenvalue weighted by atomic mass is 16.3. The standard InChI is InChI=1S/C14H25NO2/c1-3-10(4-2)15(8-9-16)14(17)13-11-6-5-7-12(11)13/h10-13,16H,3-9H2,1-2H3. The molecule has 1 amide bonds. The number of nitrogens with zero attached hydrogens (tertiary/aromatic N) is 1. The van der Waals surface area contributed by atoms with Crippen molar-refractivity contribution in [2.75, 3.05) is 13.2 Å². The quantitative estimate of drug-likeness (QED) is 0.770. The Kier molecular flexibility index (Phi) is 4.08. The maximum absolute atomic E-state index is 12.5. The number of aliphatic hydroxyl groups excluding tert-OH is 1. The summed E-state index contributed by atoms with van der Waals surface area (Å²) in [4.78, 5) is 14.4. The average molecular weight is 239 g/mol. The van der Waals surface area contributed by atoms with Crippen LogP contribution < -0.4 is 0 Å². The van der Waals surface area contributed by atoms with E-state index in [-0.39, 0.29) is 6.61 Å². The van der Waals surface area contributed by atoms with E-state index in [0.717, 1.165) is 12.8 Å². The fraction of sp³-hybridized carbons (Fsp3) is 0.929. The second-order valence-corrected chi connectivity index (χ2v) is 5.51. The molecule has 3 heteroatoms. The lowest BCUT2D eigenvalue weighted by Gasteiger charge is -2.30. The lowest BCUT2D eigenvalue weighted by atomic mass is 10.1. The summed E-state index contributed by atoms with van der Waals surface area (Å²) in [7, 11) is 0. The molecule has 2 rings (SSSR count). The number of amides is 1. The van der Waals surface area contributed by atoms with Crippen molar-refractivity contribution in [3.8, 4) is 0 Å². The molecule has 2 saturated carbocycles. The molecule has 17 heavy (non-hydrogen) atoms. The number of carbonyl (C=O) groups is 1. The van der Waals surface area contributed by atoms with Crippen molar-refractivity contribution in [3.63, 3.8) is 0 Å². The van der Waals surface area contributed by atoms with Gasteiger partial charge in [-0.2, -0.15) is 0 Å². The molecule has 2 unspecified atom stereocenters. The van der Waals surface area contributed by atoms with Crippen LogP contribution in [0.5, 0.6) is 0 Å². The first-order valence-electron chi connectivity index (χ1n) is 7.15. The molecule has 2 aliphatic carbocycles. The third kappa shape index (κ3) is 2.35. The summed E-state index contributed by atoms with van der Waals surface area (Å²) in [5.74, 6) is 1.98. The highest BCUT2D eigenvalue weighted by Gasteiger charge is 2.57. The van der Waals surface area contributed by atoms with E-state index in [2.05, 4.69) is 13.8 Å². The van der Waals surface area contributed by atoms with E-state index in [1.807, 2.05) is 4.90 Å². The van der Waals surface area contributed by atoms with Crippen LogP contribution in [0.1, 0.15) is 46.0 Å². The van der Waals surface area contributed by atoms with Crippen LogP contribution in [0.25, 0.3) is 0 Å². The molecule has 0 bridgehead atoms. The molecule has 0 saturated heterocycles. The Bertz CT molecular complexity index is 265. The van der Waals surface area contributed by atoms with Crippen molar-refractivity contribution < 1.29 is 9.90 Å². The predicted octanol–water partition coefficient (Wildman–Crippen LogP) is 2.04. The van der Waals surface area contributed by atoms with Crippen molar-refractivity contribution in [1.82, 2.24) is 4.90 Å². The molecule has 0 spiro atoms. The highest BCUT2D eigenvalue weighted by Crippen LogP contribution is 2.58. The van der Waals surface area contributed by atoms with Gasteiger partial charge in [0, 0.05) is 18.5 Å². The normalized spacial score (nSPS) is 30.5. The number of hydrogen-bond acceptors (Lipinski definition) is 2. The van der Waals surface area contributed by atoms with E-state index in [9.17, 15) is 4.79 Å². The van der Waals surface area contributed by atoms with Crippen molar-refractivity contribution in [1.29, 1.82) is 0 Å². The van der Waals surface area contributed by atoms with Gasteiger partial charge in [-0.25, -0.2) is 0 Å². The molecule has 98 valence electrons. The zero-order chi connectivity index (χ0) is 12.4. The molecule has 2 aliphatic rings. The minimum Gasteiger partial charge on any atom is -0.395 e. The fourth-order valence-corrected chi connectivity index (χ4v) is 3.69. The maximum Gasteiger partial charge on any atom is 0.226 e. The van der Waals surface area contributed by atoms with Gasteiger partial charge in [0.25, 0.3) is 0 Å². The Hall–Kier alpha value is -0.570. The number of carbonyl (C=O) groups excluding carboxylic acids is 1. The number of rotatable bonds is 6. The largest absolute Gasteiger partial charge is 0.395 e. The molecule has 0 aliphatic heterocycles. The summed E-state index contributed by atoms with van der Waals surface area (Å²) in [6.07, 6.45) is 5.78. The van der Waals surface area contributed by atoms with Gasteiger partial charge in [0.2, 0.25) is 5.91 Å². The van der Waals surface area contributed by atoms with Crippen LogP contribution in [0.4, 0.5) is 0 Å². The van der Waals surface area contributed by atoms with E-state index in [1.165, 1.54) is 19.3 Å². The van der Waals surface area contributed by atoms with E-state index >= 15 is 0 Å². The highest BCUT2D eigenvalue weighted by molar-refractivity contribution is 5.82. The molecule has 2 atom stereocenters. The van der Waals surface area contributed by atoms with Crippen molar-refractivity contribution >= 4 is 5.91 Å².